The number of aromatic nitrogens is 2. The Balaban J connectivity index is 2.34. The average Bonchev–Trinajstić information content (AvgIpc) is 2.50. The molecule has 2 aromatic rings. The van der Waals surface area contributed by atoms with E-state index < -0.39 is 0 Å². The van der Waals surface area contributed by atoms with Gasteiger partial charge in [-0.15, -0.1) is 0 Å². The van der Waals surface area contributed by atoms with Crippen LogP contribution in [0.2, 0.25) is 0 Å². The van der Waals surface area contributed by atoms with Gasteiger partial charge in [0.05, 0.1) is 18.2 Å². The fourth-order valence-corrected chi connectivity index (χ4v) is 2.12. The molecular formula is C16H24N4O. The number of ether oxygens (including phenoxy) is 1. The summed E-state index contributed by atoms with van der Waals surface area (Å²) in [5, 5.41) is 7.55. The maximum absolute atomic E-state index is 5.58. The van der Waals surface area contributed by atoms with Gasteiger partial charge in [-0.2, -0.15) is 4.98 Å². The smallest absolute Gasteiger partial charge is 0.224 e. The molecule has 1 heterocycles. The van der Waals surface area contributed by atoms with E-state index in [0.29, 0.717) is 18.5 Å². The van der Waals surface area contributed by atoms with Gasteiger partial charge in [0.15, 0.2) is 0 Å². The SMILES string of the molecule is CCOCC(Nc1nc(NC)nc2ccccc12)C(C)C. The topological polar surface area (TPSA) is 59.1 Å². The predicted molar refractivity (Wildman–Crippen MR) is 87.8 cm³/mol. The van der Waals surface area contributed by atoms with Crippen molar-refractivity contribution in [3.8, 4) is 0 Å². The zero-order valence-electron chi connectivity index (χ0n) is 13.2. The van der Waals surface area contributed by atoms with E-state index in [9.17, 15) is 0 Å². The normalized spacial score (nSPS) is 12.6. The molecule has 0 bridgehead atoms. The third-order valence-electron chi connectivity index (χ3n) is 3.46. The first-order valence-electron chi connectivity index (χ1n) is 7.44. The number of para-hydroxylation sites is 1. The van der Waals surface area contributed by atoms with E-state index in [4.69, 9.17) is 4.74 Å². The maximum Gasteiger partial charge on any atom is 0.224 e. The molecule has 0 aliphatic heterocycles. The summed E-state index contributed by atoms with van der Waals surface area (Å²) in [6, 6.07) is 8.24. The number of fused-ring (bicyclic) bond motifs is 1. The van der Waals surface area contributed by atoms with Crippen molar-refractivity contribution in [2.45, 2.75) is 26.8 Å². The van der Waals surface area contributed by atoms with Gasteiger partial charge in [-0.3, -0.25) is 0 Å². The number of rotatable bonds is 7. The summed E-state index contributed by atoms with van der Waals surface area (Å²) in [7, 11) is 1.83. The largest absolute Gasteiger partial charge is 0.380 e. The van der Waals surface area contributed by atoms with Crippen LogP contribution in [-0.4, -0.2) is 36.3 Å². The molecule has 1 aromatic carbocycles. The van der Waals surface area contributed by atoms with Crippen LogP contribution in [0.4, 0.5) is 11.8 Å². The molecule has 0 saturated carbocycles. The molecule has 2 rings (SSSR count). The molecule has 2 N–H and O–H groups in total. The molecule has 0 amide bonds. The Bertz CT molecular complexity index is 585. The van der Waals surface area contributed by atoms with Crippen LogP contribution in [0.1, 0.15) is 20.8 Å². The van der Waals surface area contributed by atoms with Crippen LogP contribution in [0.25, 0.3) is 10.9 Å². The van der Waals surface area contributed by atoms with Crippen LogP contribution in [-0.2, 0) is 4.74 Å². The van der Waals surface area contributed by atoms with Gasteiger partial charge >= 0.3 is 0 Å². The highest BCUT2D eigenvalue weighted by Crippen LogP contribution is 2.23. The minimum Gasteiger partial charge on any atom is -0.380 e. The van der Waals surface area contributed by atoms with Crippen molar-refractivity contribution in [3.63, 3.8) is 0 Å². The molecule has 5 heteroatoms. The van der Waals surface area contributed by atoms with Crippen molar-refractivity contribution < 1.29 is 4.74 Å². The molecule has 0 aliphatic carbocycles. The molecule has 5 nitrogen and oxygen atoms in total. The van der Waals surface area contributed by atoms with E-state index in [1.807, 2.05) is 38.2 Å². The molecule has 21 heavy (non-hydrogen) atoms. The van der Waals surface area contributed by atoms with Gasteiger partial charge in [-0.25, -0.2) is 4.98 Å². The van der Waals surface area contributed by atoms with Crippen molar-refractivity contribution in [2.75, 3.05) is 30.9 Å². The van der Waals surface area contributed by atoms with Crippen LogP contribution in [0.5, 0.6) is 0 Å². The summed E-state index contributed by atoms with van der Waals surface area (Å²) in [4.78, 5) is 9.04. The highest BCUT2D eigenvalue weighted by molar-refractivity contribution is 5.90. The van der Waals surface area contributed by atoms with Gasteiger partial charge in [0, 0.05) is 19.0 Å². The first-order valence-corrected chi connectivity index (χ1v) is 7.44. The molecule has 1 atom stereocenters. The molecule has 0 radical (unpaired) electrons. The first kappa shape index (κ1) is 15.5. The molecule has 1 aromatic heterocycles. The third kappa shape index (κ3) is 3.82. The van der Waals surface area contributed by atoms with Crippen LogP contribution in [0.3, 0.4) is 0 Å². The minimum atomic E-state index is 0.216. The number of anilines is 2. The van der Waals surface area contributed by atoms with Crippen molar-refractivity contribution in [2.24, 2.45) is 5.92 Å². The van der Waals surface area contributed by atoms with E-state index in [1.165, 1.54) is 0 Å². The standard InChI is InChI=1S/C16H24N4O/c1-5-21-10-14(11(2)3)18-15-12-8-6-7-9-13(12)19-16(17-4)20-15/h6-9,11,14H,5,10H2,1-4H3,(H2,17,18,19,20). The Morgan fingerprint density at radius 1 is 1.19 bits per heavy atom. The molecule has 114 valence electrons. The Morgan fingerprint density at radius 3 is 2.62 bits per heavy atom. The minimum absolute atomic E-state index is 0.216. The van der Waals surface area contributed by atoms with Crippen LogP contribution in [0.15, 0.2) is 24.3 Å². The van der Waals surface area contributed by atoms with Gasteiger partial charge in [0.25, 0.3) is 0 Å². The Kier molecular flexibility index (Phi) is 5.33. The van der Waals surface area contributed by atoms with E-state index in [-0.39, 0.29) is 6.04 Å². The highest BCUT2D eigenvalue weighted by atomic mass is 16.5. The Morgan fingerprint density at radius 2 is 1.95 bits per heavy atom. The molecule has 0 fully saturated rings. The monoisotopic (exact) mass is 288 g/mol. The van der Waals surface area contributed by atoms with E-state index in [1.54, 1.807) is 0 Å². The molecule has 1 unspecified atom stereocenters. The van der Waals surface area contributed by atoms with Gasteiger partial charge in [-0.1, -0.05) is 26.0 Å². The number of hydrogen-bond acceptors (Lipinski definition) is 5. The van der Waals surface area contributed by atoms with E-state index in [2.05, 4.69) is 34.4 Å². The van der Waals surface area contributed by atoms with E-state index >= 15 is 0 Å². The summed E-state index contributed by atoms with van der Waals surface area (Å²) in [5.41, 5.74) is 0.929. The second-order valence-electron chi connectivity index (χ2n) is 5.32. The summed E-state index contributed by atoms with van der Waals surface area (Å²) in [6.07, 6.45) is 0. The van der Waals surface area contributed by atoms with Crippen molar-refractivity contribution in [3.05, 3.63) is 24.3 Å². The van der Waals surface area contributed by atoms with Crippen LogP contribution >= 0.6 is 0 Å². The third-order valence-corrected chi connectivity index (χ3v) is 3.46. The van der Waals surface area contributed by atoms with Crippen molar-refractivity contribution in [1.82, 2.24) is 9.97 Å². The molecule has 0 aliphatic rings. The summed E-state index contributed by atoms with van der Waals surface area (Å²) >= 11 is 0. The van der Waals surface area contributed by atoms with Crippen LogP contribution < -0.4 is 10.6 Å². The van der Waals surface area contributed by atoms with Crippen molar-refractivity contribution >= 4 is 22.7 Å². The van der Waals surface area contributed by atoms with Gasteiger partial charge < -0.3 is 15.4 Å². The fourth-order valence-electron chi connectivity index (χ4n) is 2.12. The fraction of sp³-hybridized carbons (Fsp3) is 0.500. The lowest BCUT2D eigenvalue weighted by molar-refractivity contribution is 0.126. The predicted octanol–water partition coefficient (Wildman–Crippen LogP) is 3.14. The second kappa shape index (κ2) is 7.22. The molecule has 0 spiro atoms. The lowest BCUT2D eigenvalue weighted by Crippen LogP contribution is -2.31. The summed E-state index contributed by atoms with van der Waals surface area (Å²) < 4.78 is 5.58. The zero-order chi connectivity index (χ0) is 15.2. The Labute approximate surface area is 126 Å². The van der Waals surface area contributed by atoms with Gasteiger partial charge in [0.2, 0.25) is 5.95 Å². The number of nitrogens with zero attached hydrogens (tertiary/aromatic N) is 2. The average molecular weight is 288 g/mol. The maximum atomic E-state index is 5.58. The first-order chi connectivity index (χ1) is 10.2. The summed E-state index contributed by atoms with van der Waals surface area (Å²) in [6.45, 7) is 7.76. The molecule has 0 saturated heterocycles. The molecular weight excluding hydrogens is 264 g/mol. The number of nitrogens with one attached hydrogen (secondary N) is 2. The van der Waals surface area contributed by atoms with Crippen molar-refractivity contribution in [1.29, 1.82) is 0 Å². The van der Waals surface area contributed by atoms with E-state index in [0.717, 1.165) is 23.3 Å². The quantitative estimate of drug-likeness (QED) is 0.819. The number of hydrogen-bond donors (Lipinski definition) is 2. The Hall–Kier alpha value is -1.88. The number of benzene rings is 1. The van der Waals surface area contributed by atoms with Gasteiger partial charge in [0.1, 0.15) is 5.82 Å². The highest BCUT2D eigenvalue weighted by Gasteiger charge is 2.16. The van der Waals surface area contributed by atoms with Crippen LogP contribution in [0, 0.1) is 5.92 Å². The van der Waals surface area contributed by atoms with Gasteiger partial charge in [-0.05, 0) is 25.0 Å². The zero-order valence-corrected chi connectivity index (χ0v) is 13.2. The second-order valence-corrected chi connectivity index (χ2v) is 5.32. The summed E-state index contributed by atoms with van der Waals surface area (Å²) in [5.74, 6) is 1.92. The lowest BCUT2D eigenvalue weighted by Gasteiger charge is -2.23. The lowest BCUT2D eigenvalue weighted by atomic mass is 10.1.